The zero-order valence-corrected chi connectivity index (χ0v) is 20.7. The Morgan fingerprint density at radius 3 is 2.11 bits per heavy atom. The molecule has 0 aliphatic carbocycles. The van der Waals surface area contributed by atoms with Crippen LogP contribution < -0.4 is 14.8 Å². The van der Waals surface area contributed by atoms with E-state index in [-0.39, 0.29) is 17.7 Å². The molecule has 1 heterocycles. The van der Waals surface area contributed by atoms with Crippen LogP contribution in [0.25, 0.3) is 0 Å². The molecule has 2 amide bonds. The number of amides is 2. The second-order valence-electron chi connectivity index (χ2n) is 8.44. The van der Waals surface area contributed by atoms with Crippen LogP contribution in [-0.4, -0.2) is 29.9 Å². The molecule has 1 aliphatic heterocycles. The Balaban J connectivity index is 1.26. The van der Waals surface area contributed by atoms with Crippen molar-refractivity contribution < 1.29 is 23.0 Å². The molecule has 0 saturated carbocycles. The third kappa shape index (κ3) is 6.10. The summed E-state index contributed by atoms with van der Waals surface area (Å²) in [4.78, 5) is 13.1. The van der Waals surface area contributed by atoms with Crippen molar-refractivity contribution in [1.29, 1.82) is 0 Å². The number of nitrogens with zero attached hydrogens (tertiary/aromatic N) is 2. The highest BCUT2D eigenvalue weighted by atomic mass is 35.5. The first-order valence-electron chi connectivity index (χ1n) is 11.8. The van der Waals surface area contributed by atoms with Crippen LogP contribution >= 0.6 is 11.6 Å². The minimum atomic E-state index is -2.89. The Hall–Kier alpha value is -4.43. The normalized spacial score (nSPS) is 14.8. The molecule has 192 valence electrons. The number of halogens is 3. The second-order valence-corrected chi connectivity index (χ2v) is 8.88. The van der Waals surface area contributed by atoms with Crippen LogP contribution in [0.2, 0.25) is 5.02 Å². The molecule has 38 heavy (non-hydrogen) atoms. The number of ether oxygens (including phenoxy) is 2. The van der Waals surface area contributed by atoms with Crippen LogP contribution in [0.5, 0.6) is 17.2 Å². The van der Waals surface area contributed by atoms with Gasteiger partial charge in [-0.05, 0) is 71.8 Å². The third-order valence-corrected chi connectivity index (χ3v) is 6.13. The molecule has 0 fully saturated rings. The van der Waals surface area contributed by atoms with Gasteiger partial charge >= 0.3 is 12.6 Å². The van der Waals surface area contributed by atoms with E-state index in [2.05, 4.69) is 15.2 Å². The summed E-state index contributed by atoms with van der Waals surface area (Å²) in [5.74, 6) is 0.926. The van der Waals surface area contributed by atoms with E-state index < -0.39 is 6.61 Å². The quantitative estimate of drug-likeness (QED) is 0.264. The molecule has 5 rings (SSSR count). The minimum absolute atomic E-state index is 0.0451. The Bertz CT molecular complexity index is 1410. The Labute approximate surface area is 223 Å². The molecule has 0 spiro atoms. The summed E-state index contributed by atoms with van der Waals surface area (Å²) in [5, 5.41) is 9.58. The topological polar surface area (TPSA) is 63.2 Å². The van der Waals surface area contributed by atoms with E-state index in [4.69, 9.17) is 16.3 Å². The van der Waals surface area contributed by atoms with E-state index in [0.29, 0.717) is 28.8 Å². The molecule has 1 atom stereocenters. The van der Waals surface area contributed by atoms with Gasteiger partial charge in [-0.25, -0.2) is 9.80 Å². The maximum atomic E-state index is 13.1. The molecule has 0 bridgehead atoms. The zero-order chi connectivity index (χ0) is 26.5. The van der Waals surface area contributed by atoms with E-state index in [0.717, 1.165) is 16.8 Å². The molecule has 9 heteroatoms. The lowest BCUT2D eigenvalue weighted by atomic mass is 9.91. The van der Waals surface area contributed by atoms with Gasteiger partial charge in [-0.3, -0.25) is 0 Å². The molecule has 0 radical (unpaired) electrons. The summed E-state index contributed by atoms with van der Waals surface area (Å²) in [7, 11) is 0. The average molecular weight is 534 g/mol. The Morgan fingerprint density at radius 1 is 0.868 bits per heavy atom. The number of urea groups is 1. The van der Waals surface area contributed by atoms with Gasteiger partial charge in [-0.1, -0.05) is 54.1 Å². The largest absolute Gasteiger partial charge is 0.457 e. The molecule has 1 unspecified atom stereocenters. The predicted molar refractivity (Wildman–Crippen MR) is 142 cm³/mol. The first kappa shape index (κ1) is 25.2. The van der Waals surface area contributed by atoms with Gasteiger partial charge in [0, 0.05) is 16.6 Å². The van der Waals surface area contributed by atoms with Crippen LogP contribution in [-0.2, 0) is 0 Å². The predicted octanol–water partition coefficient (Wildman–Crippen LogP) is 7.77. The van der Waals surface area contributed by atoms with Crippen LogP contribution in [0.4, 0.5) is 19.3 Å². The SMILES string of the molecule is O=C(Nc1ccc(Oc2ccc(OC(F)F)cc2)cc1)N1CC(c2ccccc2)C(c2ccc(Cl)cc2)=N1. The van der Waals surface area contributed by atoms with E-state index in [1.54, 1.807) is 36.4 Å². The van der Waals surface area contributed by atoms with Crippen LogP contribution in [0.3, 0.4) is 0 Å². The van der Waals surface area contributed by atoms with Crippen LogP contribution in [0.1, 0.15) is 17.0 Å². The average Bonchev–Trinajstić information content (AvgIpc) is 3.37. The zero-order valence-electron chi connectivity index (χ0n) is 19.9. The molecule has 4 aromatic carbocycles. The van der Waals surface area contributed by atoms with Crippen molar-refractivity contribution >= 4 is 29.0 Å². The smallest absolute Gasteiger partial charge is 0.387 e. The van der Waals surface area contributed by atoms with Gasteiger partial charge in [0.2, 0.25) is 0 Å². The van der Waals surface area contributed by atoms with Crippen molar-refractivity contribution in [2.75, 3.05) is 11.9 Å². The van der Waals surface area contributed by atoms with Gasteiger partial charge in [-0.2, -0.15) is 13.9 Å². The Kier molecular flexibility index (Phi) is 7.51. The number of hydrogen-bond acceptors (Lipinski definition) is 4. The summed E-state index contributed by atoms with van der Waals surface area (Å²) in [6, 6.07) is 29.6. The van der Waals surface area contributed by atoms with E-state index in [1.807, 2.05) is 42.5 Å². The Morgan fingerprint density at radius 2 is 1.47 bits per heavy atom. The number of benzene rings is 4. The van der Waals surface area contributed by atoms with Gasteiger partial charge in [-0.15, -0.1) is 0 Å². The van der Waals surface area contributed by atoms with Gasteiger partial charge in [0.15, 0.2) is 0 Å². The first-order chi connectivity index (χ1) is 18.4. The number of alkyl halides is 2. The van der Waals surface area contributed by atoms with Crippen molar-refractivity contribution in [3.8, 4) is 17.2 Å². The number of nitrogens with one attached hydrogen (secondary N) is 1. The van der Waals surface area contributed by atoms with Gasteiger partial charge < -0.3 is 14.8 Å². The maximum absolute atomic E-state index is 13.1. The molecular weight excluding hydrogens is 512 g/mol. The summed E-state index contributed by atoms with van der Waals surface area (Å²) in [5.41, 5.74) is 3.31. The van der Waals surface area contributed by atoms with Gasteiger partial charge in [0.1, 0.15) is 17.2 Å². The van der Waals surface area contributed by atoms with E-state index >= 15 is 0 Å². The highest BCUT2D eigenvalue weighted by Gasteiger charge is 2.32. The minimum Gasteiger partial charge on any atom is -0.457 e. The van der Waals surface area contributed by atoms with Crippen molar-refractivity contribution in [3.63, 3.8) is 0 Å². The number of rotatable bonds is 7. The molecule has 1 N–H and O–H groups in total. The van der Waals surface area contributed by atoms with Crippen molar-refractivity contribution in [2.45, 2.75) is 12.5 Å². The third-order valence-electron chi connectivity index (χ3n) is 5.88. The summed E-state index contributed by atoms with van der Waals surface area (Å²) in [6.07, 6.45) is 0. The number of carbonyl (C=O) groups is 1. The summed E-state index contributed by atoms with van der Waals surface area (Å²) < 4.78 is 34.7. The summed E-state index contributed by atoms with van der Waals surface area (Å²) in [6.45, 7) is -2.50. The lowest BCUT2D eigenvalue weighted by molar-refractivity contribution is -0.0498. The van der Waals surface area contributed by atoms with E-state index in [9.17, 15) is 13.6 Å². The fourth-order valence-corrected chi connectivity index (χ4v) is 4.20. The van der Waals surface area contributed by atoms with Crippen LogP contribution in [0, 0.1) is 0 Å². The number of carbonyl (C=O) groups excluding carboxylic acids is 1. The molecule has 0 aromatic heterocycles. The first-order valence-corrected chi connectivity index (χ1v) is 12.1. The number of hydrogen-bond donors (Lipinski definition) is 1. The lowest BCUT2D eigenvalue weighted by Gasteiger charge is -2.16. The highest BCUT2D eigenvalue weighted by Crippen LogP contribution is 2.30. The van der Waals surface area contributed by atoms with Gasteiger partial charge in [0.25, 0.3) is 0 Å². The van der Waals surface area contributed by atoms with E-state index in [1.165, 1.54) is 29.3 Å². The fraction of sp³-hybridized carbons (Fsp3) is 0.103. The molecule has 4 aromatic rings. The standard InChI is InChI=1S/C29H22ClF2N3O3/c30-21-8-6-20(7-9-21)27-26(19-4-2-1-3-5-19)18-35(34-27)29(36)33-22-10-12-23(13-11-22)37-24-14-16-25(17-15-24)38-28(31)32/h1-17,26,28H,18H2,(H,33,36). The molecule has 1 aliphatic rings. The van der Waals surface area contributed by atoms with Crippen molar-refractivity contribution in [3.05, 3.63) is 119 Å². The molecule has 6 nitrogen and oxygen atoms in total. The monoisotopic (exact) mass is 533 g/mol. The van der Waals surface area contributed by atoms with Gasteiger partial charge in [0.05, 0.1) is 12.3 Å². The highest BCUT2D eigenvalue weighted by molar-refractivity contribution is 6.30. The van der Waals surface area contributed by atoms with Crippen LogP contribution in [0.15, 0.2) is 108 Å². The maximum Gasteiger partial charge on any atom is 0.387 e. The number of hydrazone groups is 1. The fourth-order valence-electron chi connectivity index (χ4n) is 4.08. The number of anilines is 1. The van der Waals surface area contributed by atoms with Crippen molar-refractivity contribution in [2.24, 2.45) is 5.10 Å². The second kappa shape index (κ2) is 11.3. The van der Waals surface area contributed by atoms with Crippen molar-refractivity contribution in [1.82, 2.24) is 5.01 Å². The molecular formula is C29H22ClF2N3O3. The molecule has 0 saturated heterocycles. The summed E-state index contributed by atoms with van der Waals surface area (Å²) >= 11 is 6.07. The lowest BCUT2D eigenvalue weighted by Crippen LogP contribution is -2.30.